The van der Waals surface area contributed by atoms with Crippen LogP contribution in [0, 0.1) is 0 Å². The summed E-state index contributed by atoms with van der Waals surface area (Å²) >= 11 is 1.90. The van der Waals surface area contributed by atoms with Gasteiger partial charge in [-0.3, -0.25) is 4.90 Å². The monoisotopic (exact) mass is 252 g/mol. The molecule has 1 N–H and O–H groups in total. The Labute approximate surface area is 109 Å². The molecule has 1 aliphatic heterocycles. The van der Waals surface area contributed by atoms with Gasteiger partial charge in [-0.05, 0) is 37.3 Å². The lowest BCUT2D eigenvalue weighted by Gasteiger charge is -2.37. The largest absolute Gasteiger partial charge is 0.314 e. The van der Waals surface area contributed by atoms with E-state index < -0.39 is 0 Å². The van der Waals surface area contributed by atoms with Crippen LogP contribution >= 0.6 is 11.3 Å². The summed E-state index contributed by atoms with van der Waals surface area (Å²) in [5, 5.41) is 5.77. The highest BCUT2D eigenvalue weighted by atomic mass is 32.1. The molecule has 1 aromatic heterocycles. The standard InChI is InChI=1S/C14H24N2S/c1-3-13(14-6-5-11-17-14)16-9-7-12(8-10-16)15-4-2/h5-6,11-13,15H,3-4,7-10H2,1-2H3. The highest BCUT2D eigenvalue weighted by Crippen LogP contribution is 2.30. The molecule has 0 bridgehead atoms. The van der Waals surface area contributed by atoms with E-state index in [1.165, 1.54) is 37.2 Å². The van der Waals surface area contributed by atoms with Gasteiger partial charge in [0.1, 0.15) is 0 Å². The Morgan fingerprint density at radius 3 is 2.71 bits per heavy atom. The zero-order valence-electron chi connectivity index (χ0n) is 11.0. The van der Waals surface area contributed by atoms with Crippen molar-refractivity contribution in [3.63, 3.8) is 0 Å². The zero-order chi connectivity index (χ0) is 12.1. The first-order chi connectivity index (χ1) is 8.35. The van der Waals surface area contributed by atoms with Crippen LogP contribution in [0.3, 0.4) is 0 Å². The molecule has 17 heavy (non-hydrogen) atoms. The Bertz CT molecular complexity index is 302. The van der Waals surface area contributed by atoms with Crippen LogP contribution in [0.1, 0.15) is 44.0 Å². The number of nitrogens with zero attached hydrogens (tertiary/aromatic N) is 1. The van der Waals surface area contributed by atoms with E-state index in [1.54, 1.807) is 0 Å². The Kier molecular flexibility index (Phi) is 5.01. The van der Waals surface area contributed by atoms with E-state index >= 15 is 0 Å². The van der Waals surface area contributed by atoms with Crippen LogP contribution in [0.2, 0.25) is 0 Å². The molecule has 1 aliphatic rings. The van der Waals surface area contributed by atoms with E-state index in [1.807, 2.05) is 11.3 Å². The average Bonchev–Trinajstić information content (AvgIpc) is 2.86. The second-order valence-corrected chi connectivity index (χ2v) is 5.79. The smallest absolute Gasteiger partial charge is 0.0438 e. The van der Waals surface area contributed by atoms with E-state index in [9.17, 15) is 0 Å². The zero-order valence-corrected chi connectivity index (χ0v) is 11.8. The van der Waals surface area contributed by atoms with E-state index in [4.69, 9.17) is 0 Å². The summed E-state index contributed by atoms with van der Waals surface area (Å²) in [5.74, 6) is 0. The van der Waals surface area contributed by atoms with Crippen LogP contribution < -0.4 is 5.32 Å². The number of likely N-dealkylation sites (tertiary alicyclic amines) is 1. The quantitative estimate of drug-likeness (QED) is 0.865. The molecule has 3 heteroatoms. The Balaban J connectivity index is 1.90. The van der Waals surface area contributed by atoms with Gasteiger partial charge in [0.15, 0.2) is 0 Å². The summed E-state index contributed by atoms with van der Waals surface area (Å²) < 4.78 is 0. The van der Waals surface area contributed by atoms with Gasteiger partial charge in [0.2, 0.25) is 0 Å². The molecule has 1 unspecified atom stereocenters. The molecule has 2 heterocycles. The van der Waals surface area contributed by atoms with Crippen LogP contribution in [-0.4, -0.2) is 30.6 Å². The van der Waals surface area contributed by atoms with E-state index in [0.717, 1.165) is 12.6 Å². The molecule has 1 atom stereocenters. The van der Waals surface area contributed by atoms with Crippen LogP contribution in [0.15, 0.2) is 17.5 Å². The molecular formula is C14H24N2S. The summed E-state index contributed by atoms with van der Waals surface area (Å²) in [6.45, 7) is 8.10. The van der Waals surface area contributed by atoms with Crippen molar-refractivity contribution in [3.05, 3.63) is 22.4 Å². The van der Waals surface area contributed by atoms with Gasteiger partial charge in [0.05, 0.1) is 0 Å². The summed E-state index contributed by atoms with van der Waals surface area (Å²) in [5.41, 5.74) is 0. The summed E-state index contributed by atoms with van der Waals surface area (Å²) in [4.78, 5) is 4.20. The number of hydrogen-bond donors (Lipinski definition) is 1. The molecule has 0 aromatic carbocycles. The third-order valence-corrected chi connectivity index (χ3v) is 4.69. The molecular weight excluding hydrogens is 228 g/mol. The molecule has 0 amide bonds. The molecule has 2 nitrogen and oxygen atoms in total. The SMILES string of the molecule is CCNC1CCN(C(CC)c2cccs2)CC1. The maximum atomic E-state index is 3.57. The average molecular weight is 252 g/mol. The predicted molar refractivity (Wildman–Crippen MR) is 75.6 cm³/mol. The number of rotatable bonds is 5. The van der Waals surface area contributed by atoms with Crippen molar-refractivity contribution in [1.82, 2.24) is 10.2 Å². The molecule has 1 saturated heterocycles. The minimum absolute atomic E-state index is 0.651. The number of piperidine rings is 1. The third kappa shape index (κ3) is 3.30. The summed E-state index contributed by atoms with van der Waals surface area (Å²) in [6.07, 6.45) is 3.83. The van der Waals surface area contributed by atoms with Gasteiger partial charge in [0, 0.05) is 30.1 Å². The lowest BCUT2D eigenvalue weighted by molar-refractivity contribution is 0.142. The predicted octanol–water partition coefficient (Wildman–Crippen LogP) is 3.27. The first-order valence-corrected chi connectivity index (χ1v) is 7.74. The topological polar surface area (TPSA) is 15.3 Å². The first-order valence-electron chi connectivity index (χ1n) is 6.86. The van der Waals surface area contributed by atoms with Crippen molar-refractivity contribution in [2.45, 2.75) is 45.2 Å². The minimum atomic E-state index is 0.651. The maximum Gasteiger partial charge on any atom is 0.0438 e. The van der Waals surface area contributed by atoms with Crippen LogP contribution in [-0.2, 0) is 0 Å². The summed E-state index contributed by atoms with van der Waals surface area (Å²) in [6, 6.07) is 5.86. The van der Waals surface area contributed by atoms with Gasteiger partial charge in [-0.15, -0.1) is 11.3 Å². The van der Waals surface area contributed by atoms with Crippen molar-refractivity contribution in [2.75, 3.05) is 19.6 Å². The highest BCUT2D eigenvalue weighted by molar-refractivity contribution is 7.10. The van der Waals surface area contributed by atoms with Crippen LogP contribution in [0.5, 0.6) is 0 Å². The van der Waals surface area contributed by atoms with Crippen molar-refractivity contribution in [3.8, 4) is 0 Å². The van der Waals surface area contributed by atoms with Gasteiger partial charge in [-0.25, -0.2) is 0 Å². The normalized spacial score (nSPS) is 20.6. The van der Waals surface area contributed by atoms with Crippen molar-refractivity contribution < 1.29 is 0 Å². The maximum absolute atomic E-state index is 3.57. The van der Waals surface area contributed by atoms with Crippen molar-refractivity contribution in [1.29, 1.82) is 0 Å². The second-order valence-electron chi connectivity index (χ2n) is 4.81. The van der Waals surface area contributed by atoms with Crippen molar-refractivity contribution in [2.24, 2.45) is 0 Å². The van der Waals surface area contributed by atoms with E-state index in [-0.39, 0.29) is 0 Å². The van der Waals surface area contributed by atoms with Gasteiger partial charge in [-0.1, -0.05) is 19.9 Å². The van der Waals surface area contributed by atoms with Gasteiger partial charge >= 0.3 is 0 Å². The van der Waals surface area contributed by atoms with Gasteiger partial charge in [-0.2, -0.15) is 0 Å². The summed E-state index contributed by atoms with van der Waals surface area (Å²) in [7, 11) is 0. The molecule has 96 valence electrons. The van der Waals surface area contributed by atoms with E-state index in [2.05, 4.69) is 41.6 Å². The third-order valence-electron chi connectivity index (χ3n) is 3.72. The Hall–Kier alpha value is -0.380. The fourth-order valence-electron chi connectivity index (χ4n) is 2.82. The van der Waals surface area contributed by atoms with Crippen LogP contribution in [0.4, 0.5) is 0 Å². The highest BCUT2D eigenvalue weighted by Gasteiger charge is 2.24. The minimum Gasteiger partial charge on any atom is -0.314 e. The fraction of sp³-hybridized carbons (Fsp3) is 0.714. The fourth-order valence-corrected chi connectivity index (χ4v) is 3.77. The molecule has 0 saturated carbocycles. The molecule has 0 aliphatic carbocycles. The molecule has 0 radical (unpaired) electrons. The van der Waals surface area contributed by atoms with Crippen molar-refractivity contribution >= 4 is 11.3 Å². The molecule has 1 aromatic rings. The molecule has 2 rings (SSSR count). The number of thiophene rings is 1. The molecule has 1 fully saturated rings. The molecule has 0 spiro atoms. The second kappa shape index (κ2) is 6.53. The van der Waals surface area contributed by atoms with E-state index in [0.29, 0.717) is 6.04 Å². The first kappa shape index (κ1) is 13.1. The Morgan fingerprint density at radius 2 is 2.18 bits per heavy atom. The lowest BCUT2D eigenvalue weighted by atomic mass is 10.0. The van der Waals surface area contributed by atoms with Gasteiger partial charge in [0.25, 0.3) is 0 Å². The lowest BCUT2D eigenvalue weighted by Crippen LogP contribution is -2.43. The number of nitrogens with one attached hydrogen (secondary N) is 1. The number of hydrogen-bond acceptors (Lipinski definition) is 3. The van der Waals surface area contributed by atoms with Gasteiger partial charge < -0.3 is 5.32 Å². The Morgan fingerprint density at radius 1 is 1.41 bits per heavy atom. The van der Waals surface area contributed by atoms with Crippen LogP contribution in [0.25, 0.3) is 0 Å².